The fourth-order valence-electron chi connectivity index (χ4n) is 2.97. The Bertz CT molecular complexity index is 1070. The molecule has 3 heterocycles. The van der Waals surface area contributed by atoms with E-state index in [0.717, 1.165) is 5.56 Å². The van der Waals surface area contributed by atoms with Crippen LogP contribution in [0.25, 0.3) is 0 Å². The summed E-state index contributed by atoms with van der Waals surface area (Å²) in [5, 5.41) is 9.17. The fraction of sp³-hybridized carbons (Fsp3) is 0.200. The van der Waals surface area contributed by atoms with Gasteiger partial charge in [0.1, 0.15) is 12.6 Å². The highest BCUT2D eigenvalue weighted by molar-refractivity contribution is 6.01. The first kappa shape index (κ1) is 18.6. The summed E-state index contributed by atoms with van der Waals surface area (Å²) in [6.07, 6.45) is 1.51. The Balaban J connectivity index is 1.50. The molecular formula is C20H18FN5O3. The molecule has 0 aliphatic carbocycles. The maximum absolute atomic E-state index is 14.6. The van der Waals surface area contributed by atoms with Gasteiger partial charge in [-0.1, -0.05) is 30.3 Å². The zero-order valence-corrected chi connectivity index (χ0v) is 15.6. The first-order chi connectivity index (χ1) is 14.0. The first-order valence-electron chi connectivity index (χ1n) is 8.99. The molecule has 0 bridgehead atoms. The molecule has 0 radical (unpaired) electrons. The molecule has 0 spiro atoms. The Hall–Kier alpha value is -3.75. The van der Waals surface area contributed by atoms with Gasteiger partial charge in [-0.15, -0.1) is 0 Å². The number of nitrogens with one attached hydrogen (secondary N) is 2. The quantitative estimate of drug-likeness (QED) is 0.703. The summed E-state index contributed by atoms with van der Waals surface area (Å²) in [6.45, 7) is 1.76. The summed E-state index contributed by atoms with van der Waals surface area (Å²) in [4.78, 5) is 29.0. The Morgan fingerprint density at radius 2 is 2.10 bits per heavy atom. The molecule has 1 aliphatic heterocycles. The Kier molecular flexibility index (Phi) is 4.94. The maximum atomic E-state index is 14.6. The number of fused-ring (bicyclic) bond motifs is 1. The van der Waals surface area contributed by atoms with Gasteiger partial charge < -0.3 is 15.4 Å². The number of hydrogen-bond donors (Lipinski definition) is 2. The van der Waals surface area contributed by atoms with Gasteiger partial charge >= 0.3 is 0 Å². The third-order valence-corrected chi connectivity index (χ3v) is 4.56. The summed E-state index contributed by atoms with van der Waals surface area (Å²) in [6, 6.07) is 11.7. The van der Waals surface area contributed by atoms with Crippen LogP contribution in [0.4, 0.5) is 10.2 Å². The fourth-order valence-corrected chi connectivity index (χ4v) is 2.97. The van der Waals surface area contributed by atoms with Crippen molar-refractivity contribution in [3.05, 3.63) is 71.4 Å². The maximum Gasteiger partial charge on any atom is 0.275 e. The van der Waals surface area contributed by atoms with E-state index in [-0.39, 0.29) is 23.8 Å². The lowest BCUT2D eigenvalue weighted by atomic mass is 10.2. The Labute approximate surface area is 165 Å². The number of nitrogens with zero attached hydrogens (tertiary/aromatic N) is 3. The van der Waals surface area contributed by atoms with Crippen LogP contribution < -0.4 is 15.4 Å². The molecule has 0 unspecified atom stereocenters. The van der Waals surface area contributed by atoms with Gasteiger partial charge in [-0.25, -0.2) is 9.37 Å². The first-order valence-corrected chi connectivity index (χ1v) is 8.99. The highest BCUT2D eigenvalue weighted by atomic mass is 19.1. The van der Waals surface area contributed by atoms with Gasteiger partial charge in [-0.3, -0.25) is 14.3 Å². The molecule has 2 amide bonds. The number of carbonyl (C=O) groups is 2. The number of rotatable bonds is 4. The van der Waals surface area contributed by atoms with Crippen molar-refractivity contribution in [2.75, 3.05) is 11.9 Å². The van der Waals surface area contributed by atoms with Crippen LogP contribution in [0, 0.1) is 12.7 Å². The van der Waals surface area contributed by atoms with E-state index in [1.165, 1.54) is 10.9 Å². The number of hydrogen-bond acceptors (Lipinski definition) is 5. The number of pyridine rings is 1. The van der Waals surface area contributed by atoms with Gasteiger partial charge in [0.05, 0.1) is 12.2 Å². The van der Waals surface area contributed by atoms with E-state index in [4.69, 9.17) is 4.74 Å². The Morgan fingerprint density at radius 1 is 1.31 bits per heavy atom. The number of aromatic nitrogens is 3. The molecule has 9 heteroatoms. The van der Waals surface area contributed by atoms with Crippen LogP contribution in [0.15, 0.2) is 48.7 Å². The molecule has 4 rings (SSSR count). The molecule has 148 valence electrons. The van der Waals surface area contributed by atoms with Crippen LogP contribution in [0.1, 0.15) is 21.7 Å². The zero-order chi connectivity index (χ0) is 20.4. The van der Waals surface area contributed by atoms with Gasteiger partial charge in [-0.05, 0) is 24.6 Å². The minimum atomic E-state index is -1.02. The minimum absolute atomic E-state index is 0.110. The van der Waals surface area contributed by atoms with Crippen molar-refractivity contribution in [1.82, 2.24) is 20.1 Å². The third-order valence-electron chi connectivity index (χ3n) is 4.56. The average Bonchev–Trinajstić information content (AvgIpc) is 2.91. The SMILES string of the molecule is Cc1c(F)c(C(=O)N[C@H]2COc3cccnc3NC2=O)nn1Cc1ccccc1. The molecule has 0 fully saturated rings. The van der Waals surface area contributed by atoms with Crippen molar-refractivity contribution in [3.8, 4) is 5.75 Å². The standard InChI is InChI=1S/C20H18FN5O3/c1-12-16(21)17(25-26(12)10-13-6-3-2-4-7-13)20(28)23-14-11-29-15-8-5-9-22-18(15)24-19(14)27/h2-9,14H,10-11H2,1H3,(H,23,28)(H,22,24,27)/t14-/m0/s1. The van der Waals surface area contributed by atoms with Gasteiger partial charge in [0.15, 0.2) is 23.1 Å². The molecule has 29 heavy (non-hydrogen) atoms. The second-order valence-electron chi connectivity index (χ2n) is 6.57. The molecule has 2 N–H and O–H groups in total. The number of anilines is 1. The van der Waals surface area contributed by atoms with Crippen molar-refractivity contribution >= 4 is 17.6 Å². The summed E-state index contributed by atoms with van der Waals surface area (Å²) in [5.74, 6) is -1.36. The van der Waals surface area contributed by atoms with Crippen molar-refractivity contribution in [2.45, 2.75) is 19.5 Å². The molecule has 3 aromatic rings. The molecule has 1 atom stereocenters. The topological polar surface area (TPSA) is 98.1 Å². The lowest BCUT2D eigenvalue weighted by Gasteiger charge is -2.13. The molecular weight excluding hydrogens is 377 g/mol. The molecule has 1 aliphatic rings. The number of benzene rings is 1. The van der Waals surface area contributed by atoms with E-state index in [1.54, 1.807) is 19.1 Å². The van der Waals surface area contributed by atoms with Crippen molar-refractivity contribution < 1.29 is 18.7 Å². The summed E-state index contributed by atoms with van der Waals surface area (Å²) >= 11 is 0. The Morgan fingerprint density at radius 3 is 2.90 bits per heavy atom. The van der Waals surface area contributed by atoms with Gasteiger partial charge in [0, 0.05) is 6.20 Å². The smallest absolute Gasteiger partial charge is 0.275 e. The monoisotopic (exact) mass is 395 g/mol. The highest BCUT2D eigenvalue weighted by Crippen LogP contribution is 2.23. The molecule has 0 saturated heterocycles. The van der Waals surface area contributed by atoms with E-state index in [2.05, 4.69) is 20.7 Å². The summed E-state index contributed by atoms with van der Waals surface area (Å²) in [7, 11) is 0. The number of ether oxygens (including phenoxy) is 1. The van der Waals surface area contributed by atoms with Gasteiger partial charge in [0.25, 0.3) is 11.8 Å². The van der Waals surface area contributed by atoms with Gasteiger partial charge in [-0.2, -0.15) is 5.10 Å². The van der Waals surface area contributed by atoms with Crippen LogP contribution in [-0.2, 0) is 11.3 Å². The van der Waals surface area contributed by atoms with Crippen LogP contribution >= 0.6 is 0 Å². The average molecular weight is 395 g/mol. The molecule has 0 saturated carbocycles. The van der Waals surface area contributed by atoms with Crippen LogP contribution in [0.2, 0.25) is 0 Å². The third kappa shape index (κ3) is 3.79. The molecule has 1 aromatic carbocycles. The van der Waals surface area contributed by atoms with Crippen molar-refractivity contribution in [2.24, 2.45) is 0 Å². The second-order valence-corrected chi connectivity index (χ2v) is 6.57. The predicted molar refractivity (Wildman–Crippen MR) is 102 cm³/mol. The van der Waals surface area contributed by atoms with Crippen LogP contribution in [0.3, 0.4) is 0 Å². The normalized spacial score (nSPS) is 15.7. The van der Waals surface area contributed by atoms with E-state index in [1.807, 2.05) is 30.3 Å². The van der Waals surface area contributed by atoms with E-state index in [0.29, 0.717) is 12.3 Å². The van der Waals surface area contributed by atoms with E-state index >= 15 is 0 Å². The predicted octanol–water partition coefficient (Wildman–Crippen LogP) is 1.90. The van der Waals surface area contributed by atoms with E-state index in [9.17, 15) is 14.0 Å². The van der Waals surface area contributed by atoms with E-state index < -0.39 is 23.7 Å². The van der Waals surface area contributed by atoms with Crippen molar-refractivity contribution in [1.29, 1.82) is 0 Å². The van der Waals surface area contributed by atoms with Crippen molar-refractivity contribution in [3.63, 3.8) is 0 Å². The zero-order valence-electron chi connectivity index (χ0n) is 15.6. The van der Waals surface area contributed by atoms with Gasteiger partial charge in [0.2, 0.25) is 0 Å². The minimum Gasteiger partial charge on any atom is -0.487 e. The number of amides is 2. The number of halogens is 1. The van der Waals surface area contributed by atoms with Crippen LogP contribution in [0.5, 0.6) is 5.75 Å². The number of carbonyl (C=O) groups excluding carboxylic acids is 2. The molecule has 2 aromatic heterocycles. The summed E-state index contributed by atoms with van der Waals surface area (Å²) in [5.41, 5.74) is 0.787. The van der Waals surface area contributed by atoms with Crippen LogP contribution in [-0.4, -0.2) is 39.2 Å². The second kappa shape index (κ2) is 7.70. The largest absolute Gasteiger partial charge is 0.487 e. The lowest BCUT2D eigenvalue weighted by molar-refractivity contribution is -0.118. The highest BCUT2D eigenvalue weighted by Gasteiger charge is 2.29. The molecule has 8 nitrogen and oxygen atoms in total. The summed E-state index contributed by atoms with van der Waals surface area (Å²) < 4.78 is 21.6. The lowest BCUT2D eigenvalue weighted by Crippen LogP contribution is -2.46.